The number of likely N-dealkylation sites (tertiary alicyclic amines) is 1. The summed E-state index contributed by atoms with van der Waals surface area (Å²) in [6.45, 7) is 3.74. The lowest BCUT2D eigenvalue weighted by molar-refractivity contribution is -0.143. The van der Waals surface area contributed by atoms with Crippen molar-refractivity contribution in [3.05, 3.63) is 0 Å². The van der Waals surface area contributed by atoms with Gasteiger partial charge in [0.15, 0.2) is 0 Å². The Morgan fingerprint density at radius 3 is 2.59 bits per heavy atom. The molecular weight excluding hydrogens is 218 g/mol. The van der Waals surface area contributed by atoms with Gasteiger partial charge < -0.3 is 10.2 Å². The highest BCUT2D eigenvalue weighted by Gasteiger charge is 2.49. The summed E-state index contributed by atoms with van der Waals surface area (Å²) in [5.74, 6) is -0.447. The summed E-state index contributed by atoms with van der Waals surface area (Å²) >= 11 is 0. The molecule has 4 heteroatoms. The Balaban J connectivity index is 2.11. The minimum atomic E-state index is -0.723. The van der Waals surface area contributed by atoms with Gasteiger partial charge in [0.2, 0.25) is 0 Å². The molecule has 2 fully saturated rings. The number of hydrogen-bond donors (Lipinski definition) is 2. The van der Waals surface area contributed by atoms with Gasteiger partial charge in [0.1, 0.15) is 6.04 Å². The van der Waals surface area contributed by atoms with Gasteiger partial charge in [0.05, 0.1) is 0 Å². The fourth-order valence-electron chi connectivity index (χ4n) is 3.80. The van der Waals surface area contributed by atoms with Crippen molar-refractivity contribution in [2.75, 3.05) is 19.7 Å². The van der Waals surface area contributed by atoms with E-state index in [1.807, 2.05) is 6.92 Å². The highest BCUT2D eigenvalue weighted by atomic mass is 16.4. The molecule has 0 aromatic heterocycles. The van der Waals surface area contributed by atoms with Gasteiger partial charge in [-0.05, 0) is 24.7 Å². The monoisotopic (exact) mass is 241 g/mol. The van der Waals surface area contributed by atoms with Crippen molar-refractivity contribution in [2.45, 2.75) is 45.1 Å². The van der Waals surface area contributed by atoms with Crippen molar-refractivity contribution in [1.29, 1.82) is 0 Å². The lowest BCUT2D eigenvalue weighted by atomic mass is 9.77. The van der Waals surface area contributed by atoms with Crippen LogP contribution >= 0.6 is 0 Å². The molecule has 0 bridgehead atoms. The number of carbonyl (C=O) groups is 1. The highest BCUT2D eigenvalue weighted by Crippen LogP contribution is 2.49. The number of aliphatic hydroxyl groups excluding tert-OH is 1. The van der Waals surface area contributed by atoms with Gasteiger partial charge in [-0.3, -0.25) is 9.69 Å². The maximum Gasteiger partial charge on any atom is 0.320 e. The Labute approximate surface area is 103 Å². The van der Waals surface area contributed by atoms with Crippen LogP contribution in [0.3, 0.4) is 0 Å². The number of rotatable bonds is 4. The van der Waals surface area contributed by atoms with Crippen molar-refractivity contribution in [3.63, 3.8) is 0 Å². The Bertz CT molecular complexity index is 286. The summed E-state index contributed by atoms with van der Waals surface area (Å²) < 4.78 is 0. The number of hydrogen-bond acceptors (Lipinski definition) is 3. The van der Waals surface area contributed by atoms with Crippen molar-refractivity contribution < 1.29 is 15.0 Å². The zero-order valence-electron chi connectivity index (χ0n) is 10.6. The maximum absolute atomic E-state index is 11.2. The summed E-state index contributed by atoms with van der Waals surface area (Å²) in [5, 5.41) is 18.7. The molecule has 2 atom stereocenters. The SMILES string of the molecule is CC[C@H](C(=O)O)N1C[C@@H](CO)C2(CCCC2)C1. The number of carboxylic acid groups (broad SMARTS) is 1. The van der Waals surface area contributed by atoms with Crippen molar-refractivity contribution in [2.24, 2.45) is 11.3 Å². The summed E-state index contributed by atoms with van der Waals surface area (Å²) in [6.07, 6.45) is 5.42. The van der Waals surface area contributed by atoms with Crippen LogP contribution < -0.4 is 0 Å². The number of aliphatic hydroxyl groups is 1. The second-order valence-corrected chi connectivity index (χ2v) is 5.64. The maximum atomic E-state index is 11.2. The third-order valence-electron chi connectivity index (χ3n) is 4.77. The average Bonchev–Trinajstić information content (AvgIpc) is 2.88. The minimum Gasteiger partial charge on any atom is -0.480 e. The Kier molecular flexibility index (Phi) is 3.73. The molecule has 98 valence electrons. The van der Waals surface area contributed by atoms with Gasteiger partial charge in [0.25, 0.3) is 0 Å². The fraction of sp³-hybridized carbons (Fsp3) is 0.923. The van der Waals surface area contributed by atoms with Crippen LogP contribution in [0.1, 0.15) is 39.0 Å². The van der Waals surface area contributed by atoms with Gasteiger partial charge in [-0.2, -0.15) is 0 Å². The van der Waals surface area contributed by atoms with Crippen LogP contribution in [0.25, 0.3) is 0 Å². The predicted molar refractivity (Wildman–Crippen MR) is 64.8 cm³/mol. The van der Waals surface area contributed by atoms with Gasteiger partial charge in [-0.15, -0.1) is 0 Å². The number of carboxylic acids is 1. The van der Waals surface area contributed by atoms with Crippen LogP contribution in [0.2, 0.25) is 0 Å². The van der Waals surface area contributed by atoms with E-state index in [0.29, 0.717) is 6.42 Å². The van der Waals surface area contributed by atoms with Crippen molar-refractivity contribution in [1.82, 2.24) is 4.90 Å². The summed E-state index contributed by atoms with van der Waals surface area (Å²) in [5.41, 5.74) is 0.206. The third kappa shape index (κ3) is 2.20. The molecule has 1 saturated heterocycles. The van der Waals surface area contributed by atoms with E-state index in [9.17, 15) is 15.0 Å². The molecule has 1 spiro atoms. The van der Waals surface area contributed by atoms with Crippen LogP contribution in [-0.4, -0.2) is 46.8 Å². The molecule has 1 heterocycles. The van der Waals surface area contributed by atoms with Crippen LogP contribution in [0.5, 0.6) is 0 Å². The topological polar surface area (TPSA) is 60.8 Å². The van der Waals surface area contributed by atoms with E-state index in [1.165, 1.54) is 12.8 Å². The Morgan fingerprint density at radius 1 is 1.47 bits per heavy atom. The van der Waals surface area contributed by atoms with Crippen LogP contribution in [-0.2, 0) is 4.79 Å². The first-order valence-corrected chi connectivity index (χ1v) is 6.70. The molecule has 2 aliphatic rings. The second kappa shape index (κ2) is 4.94. The van der Waals surface area contributed by atoms with Gasteiger partial charge in [-0.25, -0.2) is 0 Å². The molecule has 17 heavy (non-hydrogen) atoms. The minimum absolute atomic E-state index is 0.201. The van der Waals surface area contributed by atoms with E-state index < -0.39 is 5.97 Å². The molecule has 0 radical (unpaired) electrons. The smallest absolute Gasteiger partial charge is 0.320 e. The van der Waals surface area contributed by atoms with Gasteiger partial charge >= 0.3 is 5.97 Å². The van der Waals surface area contributed by atoms with Crippen molar-refractivity contribution in [3.8, 4) is 0 Å². The molecule has 0 aromatic rings. The van der Waals surface area contributed by atoms with E-state index in [1.54, 1.807) is 0 Å². The molecule has 1 aliphatic heterocycles. The summed E-state index contributed by atoms with van der Waals surface area (Å²) in [7, 11) is 0. The van der Waals surface area contributed by atoms with E-state index >= 15 is 0 Å². The quantitative estimate of drug-likeness (QED) is 0.779. The molecule has 0 aromatic carbocycles. The molecule has 0 unspecified atom stereocenters. The molecule has 1 aliphatic carbocycles. The standard InChI is InChI=1S/C13H23NO3/c1-2-11(12(16)17)14-7-10(8-15)13(9-14)5-3-4-6-13/h10-11,15H,2-9H2,1H3,(H,16,17)/t10-,11+/m0/s1. The fourth-order valence-corrected chi connectivity index (χ4v) is 3.80. The molecule has 2 rings (SSSR count). The molecule has 2 N–H and O–H groups in total. The highest BCUT2D eigenvalue weighted by molar-refractivity contribution is 5.73. The normalized spacial score (nSPS) is 29.9. The number of nitrogens with zero attached hydrogens (tertiary/aromatic N) is 1. The lowest BCUT2D eigenvalue weighted by Crippen LogP contribution is -2.40. The largest absolute Gasteiger partial charge is 0.480 e. The Hall–Kier alpha value is -0.610. The Morgan fingerprint density at radius 2 is 2.12 bits per heavy atom. The van der Waals surface area contributed by atoms with Gasteiger partial charge in [0, 0.05) is 25.6 Å². The van der Waals surface area contributed by atoms with E-state index in [4.69, 9.17) is 0 Å². The first-order valence-electron chi connectivity index (χ1n) is 6.70. The van der Waals surface area contributed by atoms with Crippen LogP contribution in [0.15, 0.2) is 0 Å². The molecule has 4 nitrogen and oxygen atoms in total. The zero-order chi connectivity index (χ0) is 12.5. The first kappa shape index (κ1) is 12.8. The zero-order valence-corrected chi connectivity index (χ0v) is 10.6. The summed E-state index contributed by atoms with van der Waals surface area (Å²) in [4.78, 5) is 13.3. The molecular formula is C13H23NO3. The third-order valence-corrected chi connectivity index (χ3v) is 4.77. The van der Waals surface area contributed by atoms with E-state index in [-0.39, 0.29) is 24.0 Å². The average molecular weight is 241 g/mol. The summed E-state index contributed by atoms with van der Waals surface area (Å²) in [6, 6.07) is -0.371. The van der Waals surface area contributed by atoms with E-state index in [0.717, 1.165) is 25.9 Å². The first-order chi connectivity index (χ1) is 8.13. The van der Waals surface area contributed by atoms with Crippen molar-refractivity contribution >= 4 is 5.97 Å². The van der Waals surface area contributed by atoms with E-state index in [2.05, 4.69) is 4.90 Å². The predicted octanol–water partition coefficient (Wildman–Crippen LogP) is 1.33. The van der Waals surface area contributed by atoms with Crippen LogP contribution in [0, 0.1) is 11.3 Å². The lowest BCUT2D eigenvalue weighted by Gasteiger charge is -2.29. The number of aliphatic carboxylic acids is 1. The van der Waals surface area contributed by atoms with Crippen LogP contribution in [0.4, 0.5) is 0 Å². The molecule has 1 saturated carbocycles. The second-order valence-electron chi connectivity index (χ2n) is 5.64. The van der Waals surface area contributed by atoms with Gasteiger partial charge in [-0.1, -0.05) is 19.8 Å². The molecule has 0 amide bonds.